The second-order valence-electron chi connectivity index (χ2n) is 4.99. The van der Waals surface area contributed by atoms with Gasteiger partial charge in [-0.2, -0.15) is 0 Å². The number of thiazole rings is 1. The third-order valence-corrected chi connectivity index (χ3v) is 3.43. The molecule has 0 aliphatic rings. The molecule has 0 unspecified atom stereocenters. The van der Waals surface area contributed by atoms with Gasteiger partial charge in [0, 0.05) is 32.1 Å². The van der Waals surface area contributed by atoms with E-state index in [1.165, 1.54) is 5.01 Å². The van der Waals surface area contributed by atoms with Gasteiger partial charge in [-0.05, 0) is 19.5 Å². The molecule has 0 amide bonds. The van der Waals surface area contributed by atoms with Crippen molar-refractivity contribution < 1.29 is 4.74 Å². The van der Waals surface area contributed by atoms with E-state index in [0.29, 0.717) is 5.92 Å². The highest BCUT2D eigenvalue weighted by Gasteiger charge is 2.05. The highest BCUT2D eigenvalue weighted by atomic mass is 32.1. The summed E-state index contributed by atoms with van der Waals surface area (Å²) in [6.45, 7) is 8.95. The summed E-state index contributed by atoms with van der Waals surface area (Å²) in [5.41, 5.74) is 1.15. The lowest BCUT2D eigenvalue weighted by Crippen LogP contribution is -2.22. The molecule has 0 aliphatic heterocycles. The number of hydrogen-bond acceptors (Lipinski definition) is 5. The molecule has 1 N–H and O–H groups in total. The van der Waals surface area contributed by atoms with Crippen molar-refractivity contribution in [2.75, 3.05) is 33.9 Å². The third kappa shape index (κ3) is 6.44. The van der Waals surface area contributed by atoms with E-state index in [-0.39, 0.29) is 0 Å². The maximum Gasteiger partial charge on any atom is 0.107 e. The summed E-state index contributed by atoms with van der Waals surface area (Å²) in [5, 5.41) is 6.74. The molecule has 5 heteroatoms. The molecule has 18 heavy (non-hydrogen) atoms. The number of nitrogens with zero attached hydrogens (tertiary/aromatic N) is 2. The van der Waals surface area contributed by atoms with Gasteiger partial charge in [-0.3, -0.25) is 4.90 Å². The van der Waals surface area contributed by atoms with Crippen molar-refractivity contribution in [3.63, 3.8) is 0 Å². The summed E-state index contributed by atoms with van der Waals surface area (Å²) >= 11 is 1.74. The van der Waals surface area contributed by atoms with Crippen molar-refractivity contribution in [3.8, 4) is 0 Å². The Kier molecular flexibility index (Phi) is 7.42. The van der Waals surface area contributed by atoms with Gasteiger partial charge >= 0.3 is 0 Å². The van der Waals surface area contributed by atoms with Crippen molar-refractivity contribution in [2.45, 2.75) is 26.9 Å². The second-order valence-corrected chi connectivity index (χ2v) is 5.93. The fourth-order valence-electron chi connectivity index (χ4n) is 1.57. The molecule has 1 aromatic rings. The van der Waals surface area contributed by atoms with Crippen LogP contribution in [0.15, 0.2) is 5.38 Å². The number of likely N-dealkylation sites (N-methyl/N-ethyl adjacent to an activating group) is 1. The zero-order chi connectivity index (χ0) is 13.4. The van der Waals surface area contributed by atoms with Crippen LogP contribution in [0.4, 0.5) is 0 Å². The Balaban J connectivity index is 2.29. The van der Waals surface area contributed by atoms with Gasteiger partial charge < -0.3 is 10.1 Å². The largest absolute Gasteiger partial charge is 0.383 e. The lowest BCUT2D eigenvalue weighted by Gasteiger charge is -2.13. The fraction of sp³-hybridized carbons (Fsp3) is 0.769. The van der Waals surface area contributed by atoms with Crippen LogP contribution in [0.1, 0.15) is 24.5 Å². The quantitative estimate of drug-likeness (QED) is 0.745. The van der Waals surface area contributed by atoms with E-state index in [9.17, 15) is 0 Å². The molecule has 1 rings (SSSR count). The molecule has 1 aromatic heterocycles. The first-order valence-electron chi connectivity index (χ1n) is 6.43. The van der Waals surface area contributed by atoms with Gasteiger partial charge in [-0.1, -0.05) is 13.8 Å². The molecule has 0 bridgehead atoms. The molecule has 0 radical (unpaired) electrons. The summed E-state index contributed by atoms with van der Waals surface area (Å²) < 4.78 is 5.06. The molecular weight excluding hydrogens is 246 g/mol. The minimum Gasteiger partial charge on any atom is -0.383 e. The molecule has 4 nitrogen and oxygen atoms in total. The number of aromatic nitrogens is 1. The minimum absolute atomic E-state index is 0.685. The Morgan fingerprint density at radius 1 is 1.50 bits per heavy atom. The van der Waals surface area contributed by atoms with Crippen LogP contribution >= 0.6 is 11.3 Å². The van der Waals surface area contributed by atoms with Gasteiger partial charge in [-0.25, -0.2) is 4.98 Å². The highest BCUT2D eigenvalue weighted by Crippen LogP contribution is 2.11. The Morgan fingerprint density at radius 2 is 2.28 bits per heavy atom. The number of nitrogens with one attached hydrogen (secondary N) is 1. The molecule has 0 aromatic carbocycles. The average Bonchev–Trinajstić information content (AvgIpc) is 2.73. The number of ether oxygens (including phenoxy) is 1. The van der Waals surface area contributed by atoms with Crippen LogP contribution < -0.4 is 5.32 Å². The van der Waals surface area contributed by atoms with Crippen LogP contribution in [0.25, 0.3) is 0 Å². The number of hydrogen-bond donors (Lipinski definition) is 1. The summed E-state index contributed by atoms with van der Waals surface area (Å²) in [6.07, 6.45) is 0. The van der Waals surface area contributed by atoms with Gasteiger partial charge in [0.2, 0.25) is 0 Å². The second kappa shape index (κ2) is 8.58. The SMILES string of the molecule is COCCN(C)Cc1csc(CNCC(C)C)n1. The number of rotatable bonds is 9. The van der Waals surface area contributed by atoms with Crippen molar-refractivity contribution in [3.05, 3.63) is 16.1 Å². The lowest BCUT2D eigenvalue weighted by molar-refractivity contribution is 0.158. The Morgan fingerprint density at radius 3 is 2.94 bits per heavy atom. The van der Waals surface area contributed by atoms with E-state index in [1.54, 1.807) is 18.4 Å². The molecule has 0 saturated heterocycles. The summed E-state index contributed by atoms with van der Waals surface area (Å²) in [7, 11) is 3.82. The molecule has 1 heterocycles. The molecule has 0 saturated carbocycles. The molecular formula is C13H25N3OS. The van der Waals surface area contributed by atoms with E-state index in [0.717, 1.165) is 38.5 Å². The van der Waals surface area contributed by atoms with E-state index >= 15 is 0 Å². The van der Waals surface area contributed by atoms with Gasteiger partial charge in [0.15, 0.2) is 0 Å². The Bertz CT molecular complexity index is 328. The number of methoxy groups -OCH3 is 1. The van der Waals surface area contributed by atoms with Crippen molar-refractivity contribution >= 4 is 11.3 Å². The zero-order valence-corrected chi connectivity index (χ0v) is 12.7. The van der Waals surface area contributed by atoms with Gasteiger partial charge in [0.25, 0.3) is 0 Å². The highest BCUT2D eigenvalue weighted by molar-refractivity contribution is 7.09. The first-order valence-corrected chi connectivity index (χ1v) is 7.31. The fourth-order valence-corrected chi connectivity index (χ4v) is 2.33. The first kappa shape index (κ1) is 15.6. The first-order chi connectivity index (χ1) is 8.61. The van der Waals surface area contributed by atoms with E-state index in [4.69, 9.17) is 4.74 Å². The summed E-state index contributed by atoms with van der Waals surface area (Å²) in [5.74, 6) is 0.685. The smallest absolute Gasteiger partial charge is 0.107 e. The molecule has 0 aliphatic carbocycles. The van der Waals surface area contributed by atoms with Crippen molar-refractivity contribution in [2.24, 2.45) is 5.92 Å². The van der Waals surface area contributed by atoms with Crippen LogP contribution in [0.3, 0.4) is 0 Å². The summed E-state index contributed by atoms with van der Waals surface area (Å²) in [4.78, 5) is 6.85. The van der Waals surface area contributed by atoms with Crippen molar-refractivity contribution in [1.82, 2.24) is 15.2 Å². The molecule has 0 atom stereocenters. The van der Waals surface area contributed by atoms with Gasteiger partial charge in [0.1, 0.15) is 5.01 Å². The van der Waals surface area contributed by atoms with E-state index < -0.39 is 0 Å². The lowest BCUT2D eigenvalue weighted by atomic mass is 10.2. The van der Waals surface area contributed by atoms with Gasteiger partial charge in [0.05, 0.1) is 12.3 Å². The van der Waals surface area contributed by atoms with Crippen molar-refractivity contribution in [1.29, 1.82) is 0 Å². The van der Waals surface area contributed by atoms with Crippen LogP contribution in [0.2, 0.25) is 0 Å². The van der Waals surface area contributed by atoms with Crippen LogP contribution in [-0.4, -0.2) is 43.7 Å². The topological polar surface area (TPSA) is 37.4 Å². The van der Waals surface area contributed by atoms with Crippen LogP contribution in [-0.2, 0) is 17.8 Å². The standard InChI is InChI=1S/C13H25N3OS/c1-11(2)7-14-8-13-15-12(10-18-13)9-16(3)5-6-17-4/h10-11,14H,5-9H2,1-4H3. The van der Waals surface area contributed by atoms with E-state index in [2.05, 4.69) is 41.5 Å². The maximum absolute atomic E-state index is 5.06. The molecule has 104 valence electrons. The summed E-state index contributed by atoms with van der Waals surface area (Å²) in [6, 6.07) is 0. The maximum atomic E-state index is 5.06. The minimum atomic E-state index is 0.685. The average molecular weight is 271 g/mol. The van der Waals surface area contributed by atoms with Gasteiger partial charge in [-0.15, -0.1) is 11.3 Å². The Hall–Kier alpha value is -0.490. The molecule has 0 spiro atoms. The van der Waals surface area contributed by atoms with Crippen LogP contribution in [0, 0.1) is 5.92 Å². The Labute approximate surface area is 114 Å². The monoisotopic (exact) mass is 271 g/mol. The van der Waals surface area contributed by atoms with Crippen LogP contribution in [0.5, 0.6) is 0 Å². The normalized spacial score (nSPS) is 11.7. The predicted molar refractivity (Wildman–Crippen MR) is 76.9 cm³/mol. The molecule has 0 fully saturated rings. The third-order valence-electron chi connectivity index (χ3n) is 2.54. The zero-order valence-electron chi connectivity index (χ0n) is 11.9. The predicted octanol–water partition coefficient (Wildman–Crippen LogP) is 1.97. The van der Waals surface area contributed by atoms with E-state index in [1.807, 2.05) is 0 Å².